The summed E-state index contributed by atoms with van der Waals surface area (Å²) >= 11 is 3.46. The average Bonchev–Trinajstić information content (AvgIpc) is 2.27. The molecule has 2 aliphatic carbocycles. The zero-order valence-electron chi connectivity index (χ0n) is 9.45. The van der Waals surface area contributed by atoms with Crippen LogP contribution in [0.25, 0.3) is 0 Å². The van der Waals surface area contributed by atoms with Gasteiger partial charge in [-0.25, -0.2) is 0 Å². The zero-order chi connectivity index (χ0) is 11.3. The van der Waals surface area contributed by atoms with Crippen molar-refractivity contribution >= 4 is 21.9 Å². The molecule has 2 saturated carbocycles. The van der Waals surface area contributed by atoms with Crippen molar-refractivity contribution in [1.82, 2.24) is 0 Å². The lowest BCUT2D eigenvalue weighted by molar-refractivity contribution is -0.151. The largest absolute Gasteiger partial charge is 0.462 e. The third-order valence-corrected chi connectivity index (χ3v) is 4.31. The van der Waals surface area contributed by atoms with Crippen LogP contribution in [0.5, 0.6) is 0 Å². The maximum Gasteiger partial charge on any atom is 0.309 e. The highest BCUT2D eigenvalue weighted by atomic mass is 79.9. The molecule has 4 aliphatic rings. The minimum absolute atomic E-state index is 0.0138. The van der Waals surface area contributed by atoms with Crippen molar-refractivity contribution in [2.75, 3.05) is 0 Å². The molecule has 4 bridgehead atoms. The summed E-state index contributed by atoms with van der Waals surface area (Å²) in [6.45, 7) is 2.00. The molecule has 0 radical (unpaired) electrons. The molecule has 5 unspecified atom stereocenters. The first-order valence-electron chi connectivity index (χ1n) is 6.09. The summed E-state index contributed by atoms with van der Waals surface area (Å²) in [5.74, 6) is 0.715. The first-order valence-corrected chi connectivity index (χ1v) is 7.00. The van der Waals surface area contributed by atoms with E-state index >= 15 is 0 Å². The smallest absolute Gasteiger partial charge is 0.309 e. The lowest BCUT2D eigenvalue weighted by Gasteiger charge is -2.46. The van der Waals surface area contributed by atoms with Crippen LogP contribution in [0.1, 0.15) is 39.0 Å². The fourth-order valence-electron chi connectivity index (χ4n) is 3.86. The molecule has 0 amide bonds. The topological polar surface area (TPSA) is 35.5 Å². The van der Waals surface area contributed by atoms with Gasteiger partial charge in [-0.3, -0.25) is 4.79 Å². The van der Waals surface area contributed by atoms with E-state index in [0.29, 0.717) is 5.92 Å². The van der Waals surface area contributed by atoms with Gasteiger partial charge in [-0.15, -0.1) is 0 Å². The highest BCUT2D eigenvalue weighted by Crippen LogP contribution is 2.51. The summed E-state index contributed by atoms with van der Waals surface area (Å²) in [5.41, 5.74) is -0.106. The minimum Gasteiger partial charge on any atom is -0.462 e. The summed E-state index contributed by atoms with van der Waals surface area (Å²) in [7, 11) is 0. The van der Waals surface area contributed by atoms with Gasteiger partial charge in [0.15, 0.2) is 0 Å². The first-order chi connectivity index (χ1) is 7.56. The molecule has 4 heteroatoms. The van der Waals surface area contributed by atoms with Crippen LogP contribution in [-0.4, -0.2) is 22.7 Å². The first kappa shape index (κ1) is 11.0. The van der Waals surface area contributed by atoms with Gasteiger partial charge >= 0.3 is 5.97 Å². The second-order valence-corrected chi connectivity index (χ2v) is 6.84. The van der Waals surface area contributed by atoms with Gasteiger partial charge in [-0.05, 0) is 38.5 Å². The molecule has 3 nitrogen and oxygen atoms in total. The molecule has 0 aromatic rings. The third kappa shape index (κ3) is 1.80. The van der Waals surface area contributed by atoms with Crippen LogP contribution >= 0.6 is 15.9 Å². The normalized spacial score (nSPS) is 47.6. The van der Waals surface area contributed by atoms with Crippen LogP contribution in [0.2, 0.25) is 0 Å². The van der Waals surface area contributed by atoms with Gasteiger partial charge in [0.2, 0.25) is 0 Å². The van der Waals surface area contributed by atoms with Crippen molar-refractivity contribution in [2.24, 2.45) is 11.8 Å². The van der Waals surface area contributed by atoms with Crippen molar-refractivity contribution in [3.05, 3.63) is 0 Å². The maximum atomic E-state index is 11.8. The van der Waals surface area contributed by atoms with Crippen molar-refractivity contribution in [2.45, 2.75) is 55.7 Å². The fraction of sp³-hybridized carbons (Fsp3) is 0.917. The van der Waals surface area contributed by atoms with Gasteiger partial charge in [0.1, 0.15) is 11.1 Å². The van der Waals surface area contributed by atoms with E-state index in [1.165, 1.54) is 0 Å². The van der Waals surface area contributed by atoms with Gasteiger partial charge in [-0.2, -0.15) is 0 Å². The predicted molar refractivity (Wildman–Crippen MR) is 62.2 cm³/mol. The Hall–Kier alpha value is -0.0900. The number of carbonyl (C=O) groups is 1. The number of rotatable bonds is 2. The molecule has 2 aliphatic heterocycles. The van der Waals surface area contributed by atoms with Gasteiger partial charge in [-0.1, -0.05) is 15.9 Å². The number of hydrogen-bond donors (Lipinski definition) is 0. The van der Waals surface area contributed by atoms with E-state index in [0.717, 1.165) is 32.1 Å². The maximum absolute atomic E-state index is 11.8. The molecule has 0 N–H and O–H groups in total. The summed E-state index contributed by atoms with van der Waals surface area (Å²) in [6.07, 6.45) is 5.01. The highest BCUT2D eigenvalue weighted by Gasteiger charge is 2.53. The second kappa shape index (κ2) is 3.70. The van der Waals surface area contributed by atoms with Gasteiger partial charge in [0.05, 0.1) is 11.5 Å². The van der Waals surface area contributed by atoms with E-state index in [1.54, 1.807) is 0 Å². The van der Waals surface area contributed by atoms with Crippen LogP contribution < -0.4 is 0 Å². The van der Waals surface area contributed by atoms with Crippen LogP contribution in [0.3, 0.4) is 0 Å². The third-order valence-electron chi connectivity index (χ3n) is 4.12. The van der Waals surface area contributed by atoms with Crippen LogP contribution in [0.4, 0.5) is 0 Å². The molecule has 0 aromatic carbocycles. The Morgan fingerprint density at radius 3 is 3.00 bits per heavy atom. The number of esters is 1. The molecule has 0 aromatic heterocycles. The lowest BCUT2D eigenvalue weighted by atomic mass is 9.65. The Bertz CT molecular complexity index is 313. The average molecular weight is 289 g/mol. The van der Waals surface area contributed by atoms with E-state index in [1.807, 2.05) is 6.92 Å². The van der Waals surface area contributed by atoms with Crippen LogP contribution in [0, 0.1) is 11.8 Å². The Labute approximate surface area is 104 Å². The minimum atomic E-state index is -0.106. The van der Waals surface area contributed by atoms with E-state index in [9.17, 15) is 4.79 Å². The number of hydrogen-bond acceptors (Lipinski definition) is 3. The number of alkyl halides is 1. The Morgan fingerprint density at radius 2 is 2.25 bits per heavy atom. The Balaban J connectivity index is 1.89. The molecular formula is C12H17BrO3. The molecule has 2 saturated heterocycles. The molecular weight excluding hydrogens is 272 g/mol. The summed E-state index contributed by atoms with van der Waals surface area (Å²) < 4.78 is 11.6. The molecule has 2 heterocycles. The summed E-state index contributed by atoms with van der Waals surface area (Å²) in [5, 5.41) is 0.0545. The number of carbonyl (C=O) groups excluding carboxylic acids is 1. The highest BCUT2D eigenvalue weighted by molar-refractivity contribution is 9.09. The van der Waals surface area contributed by atoms with Crippen molar-refractivity contribution in [1.29, 1.82) is 0 Å². The van der Waals surface area contributed by atoms with E-state index in [4.69, 9.17) is 9.47 Å². The van der Waals surface area contributed by atoms with E-state index in [2.05, 4.69) is 15.9 Å². The van der Waals surface area contributed by atoms with Crippen molar-refractivity contribution < 1.29 is 14.3 Å². The predicted octanol–water partition coefficient (Wildman–Crippen LogP) is 2.62. The number of fused-ring (bicyclic) bond motifs is 1. The van der Waals surface area contributed by atoms with Crippen LogP contribution in [0.15, 0.2) is 0 Å². The SMILES string of the molecule is CC(Br)OC12CC3CC(C1)OC(=O)C(C3)C2. The zero-order valence-corrected chi connectivity index (χ0v) is 11.0. The van der Waals surface area contributed by atoms with Crippen LogP contribution in [-0.2, 0) is 14.3 Å². The second-order valence-electron chi connectivity index (χ2n) is 5.55. The standard InChI is InChI=1S/C12H17BrO3/c1-7(13)16-12-4-8-2-9(5-12)11(14)15-10(3-8)6-12/h7-10H,2-6H2,1H3. The quantitative estimate of drug-likeness (QED) is 0.579. The molecule has 16 heavy (non-hydrogen) atoms. The summed E-state index contributed by atoms with van der Waals surface area (Å²) in [6, 6.07) is 0. The van der Waals surface area contributed by atoms with Crippen molar-refractivity contribution in [3.8, 4) is 0 Å². The lowest BCUT2D eigenvalue weighted by Crippen LogP contribution is -2.47. The monoisotopic (exact) mass is 288 g/mol. The number of halogens is 1. The van der Waals surface area contributed by atoms with E-state index < -0.39 is 0 Å². The van der Waals surface area contributed by atoms with Gasteiger partial charge < -0.3 is 9.47 Å². The molecule has 4 fully saturated rings. The van der Waals surface area contributed by atoms with E-state index in [-0.39, 0.29) is 28.6 Å². The van der Waals surface area contributed by atoms with Gasteiger partial charge in [0, 0.05) is 6.42 Å². The van der Waals surface area contributed by atoms with Gasteiger partial charge in [0.25, 0.3) is 0 Å². The number of ether oxygens (including phenoxy) is 2. The summed E-state index contributed by atoms with van der Waals surface area (Å²) in [4.78, 5) is 11.8. The molecule has 0 spiro atoms. The Morgan fingerprint density at radius 1 is 1.44 bits per heavy atom. The molecule has 4 rings (SSSR count). The molecule has 90 valence electrons. The van der Waals surface area contributed by atoms with Crippen molar-refractivity contribution in [3.63, 3.8) is 0 Å². The molecule has 5 atom stereocenters. The Kier molecular flexibility index (Phi) is 2.55. The fourth-order valence-corrected chi connectivity index (χ4v) is 4.26.